The number of carbonyl (C=O) groups excluding carboxylic acids is 2. The van der Waals surface area contributed by atoms with E-state index >= 15 is 0 Å². The fraction of sp³-hybridized carbons (Fsp3) is 0.364. The number of nitrogens with zero attached hydrogens (tertiary/aromatic N) is 1. The number of rotatable bonds is 10. The molecule has 0 unspecified atom stereocenters. The monoisotopic (exact) mass is 452 g/mol. The van der Waals surface area contributed by atoms with E-state index in [0.29, 0.717) is 34.5 Å². The molecule has 0 radical (unpaired) electrons. The summed E-state index contributed by atoms with van der Waals surface area (Å²) in [6.07, 6.45) is 0.462. The molecule has 162 valence electrons. The van der Waals surface area contributed by atoms with E-state index < -0.39 is 6.04 Å². The second kappa shape index (κ2) is 11.7. The van der Waals surface area contributed by atoms with Crippen LogP contribution in [0.3, 0.4) is 0 Å². The maximum Gasteiger partial charge on any atom is 0.261 e. The van der Waals surface area contributed by atoms with Crippen LogP contribution < -0.4 is 14.8 Å². The summed E-state index contributed by atoms with van der Waals surface area (Å²) in [4.78, 5) is 27.2. The van der Waals surface area contributed by atoms with E-state index in [-0.39, 0.29) is 25.0 Å². The van der Waals surface area contributed by atoms with Crippen LogP contribution in [0.25, 0.3) is 0 Å². The molecular weight excluding hydrogens is 427 g/mol. The quantitative estimate of drug-likeness (QED) is 0.582. The number of amides is 2. The lowest BCUT2D eigenvalue weighted by Gasteiger charge is -2.30. The summed E-state index contributed by atoms with van der Waals surface area (Å²) in [5.74, 6) is 0.486. The van der Waals surface area contributed by atoms with Gasteiger partial charge in [0.15, 0.2) is 6.61 Å². The number of hydrogen-bond donors (Lipinski definition) is 1. The lowest BCUT2D eigenvalue weighted by Crippen LogP contribution is -2.50. The van der Waals surface area contributed by atoms with Crippen LogP contribution in [-0.2, 0) is 16.1 Å². The Morgan fingerprint density at radius 3 is 2.53 bits per heavy atom. The summed E-state index contributed by atoms with van der Waals surface area (Å²) in [6.45, 7) is 4.16. The predicted octanol–water partition coefficient (Wildman–Crippen LogP) is 4.32. The number of benzene rings is 2. The zero-order valence-corrected chi connectivity index (χ0v) is 18.8. The third-order valence-corrected chi connectivity index (χ3v) is 5.00. The molecule has 2 aromatic carbocycles. The van der Waals surface area contributed by atoms with Crippen LogP contribution in [0, 0.1) is 0 Å². The summed E-state index contributed by atoms with van der Waals surface area (Å²) < 4.78 is 10.9. The molecule has 0 saturated heterocycles. The lowest BCUT2D eigenvalue weighted by molar-refractivity contribution is -0.142. The van der Waals surface area contributed by atoms with Crippen LogP contribution in [0.5, 0.6) is 11.5 Å². The Morgan fingerprint density at radius 1 is 1.13 bits per heavy atom. The third-order valence-electron chi connectivity index (χ3n) is 4.47. The molecule has 0 aliphatic carbocycles. The molecule has 1 N–H and O–H groups in total. The Hall–Kier alpha value is -2.44. The number of nitrogens with one attached hydrogen (secondary N) is 1. The summed E-state index contributed by atoms with van der Waals surface area (Å²) in [6, 6.07) is 11.5. The van der Waals surface area contributed by atoms with Gasteiger partial charge in [0.25, 0.3) is 5.91 Å². The Kier molecular flexibility index (Phi) is 9.27. The van der Waals surface area contributed by atoms with Gasteiger partial charge >= 0.3 is 0 Å². The van der Waals surface area contributed by atoms with Crippen molar-refractivity contribution in [2.75, 3.05) is 20.3 Å². The summed E-state index contributed by atoms with van der Waals surface area (Å²) in [5, 5.41) is 3.58. The van der Waals surface area contributed by atoms with Gasteiger partial charge in [-0.05, 0) is 49.2 Å². The Bertz CT molecular complexity index is 876. The Morgan fingerprint density at radius 2 is 1.90 bits per heavy atom. The molecule has 0 heterocycles. The van der Waals surface area contributed by atoms with Crippen molar-refractivity contribution < 1.29 is 19.1 Å². The van der Waals surface area contributed by atoms with Gasteiger partial charge in [0.2, 0.25) is 5.91 Å². The molecule has 6 nitrogen and oxygen atoms in total. The van der Waals surface area contributed by atoms with E-state index in [0.717, 1.165) is 5.56 Å². The van der Waals surface area contributed by atoms with Gasteiger partial charge in [-0.3, -0.25) is 9.59 Å². The van der Waals surface area contributed by atoms with Crippen molar-refractivity contribution in [3.8, 4) is 11.5 Å². The highest BCUT2D eigenvalue weighted by Crippen LogP contribution is 2.27. The lowest BCUT2D eigenvalue weighted by atomic mass is 10.1. The van der Waals surface area contributed by atoms with Crippen LogP contribution in [0.1, 0.15) is 25.8 Å². The van der Waals surface area contributed by atoms with Gasteiger partial charge in [0, 0.05) is 18.1 Å². The molecule has 30 heavy (non-hydrogen) atoms. The molecule has 0 aromatic heterocycles. The Labute approximate surface area is 187 Å². The first-order valence-electron chi connectivity index (χ1n) is 9.67. The number of halogens is 2. The first kappa shape index (κ1) is 23.8. The summed E-state index contributed by atoms with van der Waals surface area (Å²) in [7, 11) is 1.58. The number of hydrogen-bond acceptors (Lipinski definition) is 4. The average molecular weight is 453 g/mol. The summed E-state index contributed by atoms with van der Waals surface area (Å²) >= 11 is 12.0. The number of likely N-dealkylation sites (N-methyl/N-ethyl adjacent to an activating group) is 1. The minimum atomic E-state index is -0.632. The molecule has 0 aliphatic heterocycles. The van der Waals surface area contributed by atoms with E-state index in [2.05, 4.69) is 5.32 Å². The van der Waals surface area contributed by atoms with Crippen LogP contribution in [0.2, 0.25) is 10.0 Å². The number of ether oxygens (including phenoxy) is 2. The Balaban J connectivity index is 2.23. The number of carbonyl (C=O) groups is 2. The smallest absolute Gasteiger partial charge is 0.261 e. The topological polar surface area (TPSA) is 67.9 Å². The molecule has 0 spiro atoms. The van der Waals surface area contributed by atoms with Crippen molar-refractivity contribution in [2.24, 2.45) is 0 Å². The molecule has 2 amide bonds. The molecule has 0 fully saturated rings. The standard InChI is InChI=1S/C22H26Cl2N2O4/c1-4-19(22(28)25-5-2)26(13-15-7-6-8-17(11-15)29-3)21(27)14-30-20-10-9-16(23)12-18(20)24/h6-12,19H,4-5,13-14H2,1-3H3,(H,25,28)/t19-/m1/s1. The highest BCUT2D eigenvalue weighted by molar-refractivity contribution is 6.35. The minimum Gasteiger partial charge on any atom is -0.497 e. The van der Waals surface area contributed by atoms with Crippen LogP contribution in [-0.4, -0.2) is 43.0 Å². The molecule has 1 atom stereocenters. The fourth-order valence-electron chi connectivity index (χ4n) is 2.99. The largest absolute Gasteiger partial charge is 0.497 e. The van der Waals surface area contributed by atoms with Crippen molar-refractivity contribution in [1.82, 2.24) is 10.2 Å². The second-order valence-electron chi connectivity index (χ2n) is 6.56. The normalized spacial score (nSPS) is 11.5. The zero-order chi connectivity index (χ0) is 22.1. The molecular formula is C22H26Cl2N2O4. The fourth-order valence-corrected chi connectivity index (χ4v) is 3.46. The molecule has 2 aromatic rings. The maximum absolute atomic E-state index is 13.1. The first-order chi connectivity index (χ1) is 14.4. The van der Waals surface area contributed by atoms with Gasteiger partial charge in [0.1, 0.15) is 17.5 Å². The summed E-state index contributed by atoms with van der Waals surface area (Å²) in [5.41, 5.74) is 0.843. The average Bonchev–Trinajstić information content (AvgIpc) is 2.73. The van der Waals surface area contributed by atoms with Crippen LogP contribution >= 0.6 is 23.2 Å². The van der Waals surface area contributed by atoms with Gasteiger partial charge in [-0.1, -0.05) is 42.3 Å². The van der Waals surface area contributed by atoms with Gasteiger partial charge in [0.05, 0.1) is 12.1 Å². The molecule has 8 heteroatoms. The third kappa shape index (κ3) is 6.54. The van der Waals surface area contributed by atoms with Gasteiger partial charge < -0.3 is 19.7 Å². The van der Waals surface area contributed by atoms with E-state index in [1.165, 1.54) is 4.90 Å². The van der Waals surface area contributed by atoms with Gasteiger partial charge in [-0.15, -0.1) is 0 Å². The van der Waals surface area contributed by atoms with E-state index in [1.54, 1.807) is 25.3 Å². The van der Waals surface area contributed by atoms with Gasteiger partial charge in [-0.25, -0.2) is 0 Å². The minimum absolute atomic E-state index is 0.208. The number of methoxy groups -OCH3 is 1. The molecule has 0 saturated carbocycles. The van der Waals surface area contributed by atoms with E-state index in [1.807, 2.05) is 38.1 Å². The maximum atomic E-state index is 13.1. The second-order valence-corrected chi connectivity index (χ2v) is 7.40. The molecule has 0 aliphatic rings. The first-order valence-corrected chi connectivity index (χ1v) is 10.4. The predicted molar refractivity (Wildman–Crippen MR) is 118 cm³/mol. The SMILES string of the molecule is CCNC(=O)[C@@H](CC)N(Cc1cccc(OC)c1)C(=O)COc1ccc(Cl)cc1Cl. The highest BCUT2D eigenvalue weighted by atomic mass is 35.5. The van der Waals surface area contributed by atoms with E-state index in [9.17, 15) is 9.59 Å². The van der Waals surface area contributed by atoms with Crippen LogP contribution in [0.15, 0.2) is 42.5 Å². The molecule has 0 bridgehead atoms. The van der Waals surface area contributed by atoms with Crippen molar-refractivity contribution in [3.05, 3.63) is 58.1 Å². The van der Waals surface area contributed by atoms with Crippen molar-refractivity contribution in [1.29, 1.82) is 0 Å². The zero-order valence-electron chi connectivity index (χ0n) is 17.3. The van der Waals surface area contributed by atoms with Crippen molar-refractivity contribution in [2.45, 2.75) is 32.9 Å². The van der Waals surface area contributed by atoms with Crippen molar-refractivity contribution in [3.63, 3.8) is 0 Å². The van der Waals surface area contributed by atoms with Crippen molar-refractivity contribution >= 4 is 35.0 Å². The highest BCUT2D eigenvalue weighted by Gasteiger charge is 2.28. The van der Waals surface area contributed by atoms with Gasteiger partial charge in [-0.2, -0.15) is 0 Å². The molecule has 2 rings (SSSR count). The van der Waals surface area contributed by atoms with Crippen LogP contribution in [0.4, 0.5) is 0 Å². The van der Waals surface area contributed by atoms with E-state index in [4.69, 9.17) is 32.7 Å².